The molecule has 0 spiro atoms. The van der Waals surface area contributed by atoms with Gasteiger partial charge in [-0.1, -0.05) is 19.8 Å². The summed E-state index contributed by atoms with van der Waals surface area (Å²) in [7, 11) is 0. The lowest BCUT2D eigenvalue weighted by Crippen LogP contribution is -2.38. The summed E-state index contributed by atoms with van der Waals surface area (Å²) in [6.45, 7) is 2.22. The molecule has 104 valence electrons. The number of hydrogen-bond acceptors (Lipinski definition) is 3. The molecule has 1 amide bonds. The number of amides is 1. The Morgan fingerprint density at radius 3 is 2.79 bits per heavy atom. The molecule has 1 fully saturated rings. The van der Waals surface area contributed by atoms with Crippen LogP contribution in [0.1, 0.15) is 55.9 Å². The fraction of sp³-hybridized carbons (Fsp3) is 0.600. The minimum Gasteiger partial charge on any atom is -0.505 e. The molecule has 1 aliphatic carbocycles. The number of aromatic nitrogens is 1. The second-order valence-corrected chi connectivity index (χ2v) is 5.35. The fourth-order valence-corrected chi connectivity index (χ4v) is 2.83. The van der Waals surface area contributed by atoms with Crippen molar-refractivity contribution in [2.75, 3.05) is 0 Å². The summed E-state index contributed by atoms with van der Waals surface area (Å²) in [4.78, 5) is 15.9. The summed E-state index contributed by atoms with van der Waals surface area (Å²) < 4.78 is 0. The van der Waals surface area contributed by atoms with Gasteiger partial charge in [0.05, 0.1) is 0 Å². The smallest absolute Gasteiger partial charge is 0.273 e. The van der Waals surface area contributed by atoms with Gasteiger partial charge in [-0.3, -0.25) is 4.79 Å². The number of nitrogens with one attached hydrogen (secondary N) is 1. The summed E-state index contributed by atoms with van der Waals surface area (Å²) >= 11 is 0. The molecule has 4 heteroatoms. The Balaban J connectivity index is 1.86. The molecule has 1 aromatic rings. The van der Waals surface area contributed by atoms with E-state index in [9.17, 15) is 9.90 Å². The van der Waals surface area contributed by atoms with Gasteiger partial charge in [0.25, 0.3) is 5.91 Å². The molecule has 4 nitrogen and oxygen atoms in total. The first kappa shape index (κ1) is 13.8. The van der Waals surface area contributed by atoms with Gasteiger partial charge in [-0.25, -0.2) is 4.98 Å². The van der Waals surface area contributed by atoms with E-state index in [0.29, 0.717) is 0 Å². The van der Waals surface area contributed by atoms with Gasteiger partial charge in [0.15, 0.2) is 5.69 Å². The highest BCUT2D eigenvalue weighted by molar-refractivity contribution is 5.94. The molecule has 2 N–H and O–H groups in total. The van der Waals surface area contributed by atoms with Gasteiger partial charge in [-0.15, -0.1) is 0 Å². The third-order valence-corrected chi connectivity index (χ3v) is 3.88. The van der Waals surface area contributed by atoms with Crippen LogP contribution in [-0.2, 0) is 0 Å². The van der Waals surface area contributed by atoms with E-state index in [1.54, 1.807) is 6.07 Å². The van der Waals surface area contributed by atoms with Crippen molar-refractivity contribution in [2.24, 2.45) is 5.92 Å². The van der Waals surface area contributed by atoms with Crippen LogP contribution in [-0.4, -0.2) is 22.0 Å². The Bertz CT molecular complexity index is 426. The molecular weight excluding hydrogens is 240 g/mol. The third kappa shape index (κ3) is 3.69. The minimum absolute atomic E-state index is 0.0559. The highest BCUT2D eigenvalue weighted by Gasteiger charge is 2.23. The molecule has 1 aliphatic rings. The van der Waals surface area contributed by atoms with E-state index in [1.165, 1.54) is 37.9 Å². The first-order valence-corrected chi connectivity index (χ1v) is 7.15. The van der Waals surface area contributed by atoms with Gasteiger partial charge in [0.1, 0.15) is 5.75 Å². The molecule has 0 bridgehead atoms. The fourth-order valence-electron chi connectivity index (χ4n) is 2.83. The number of pyridine rings is 1. The Kier molecular flexibility index (Phi) is 4.77. The van der Waals surface area contributed by atoms with Crippen LogP contribution in [0.4, 0.5) is 0 Å². The third-order valence-electron chi connectivity index (χ3n) is 3.88. The first-order valence-electron chi connectivity index (χ1n) is 7.15. The van der Waals surface area contributed by atoms with Gasteiger partial charge in [-0.2, -0.15) is 0 Å². The molecule has 1 saturated carbocycles. The van der Waals surface area contributed by atoms with E-state index < -0.39 is 0 Å². The number of aromatic hydroxyl groups is 1. The predicted octanol–water partition coefficient (Wildman–Crippen LogP) is 2.88. The zero-order chi connectivity index (χ0) is 13.7. The molecular formula is C15H22N2O2. The van der Waals surface area contributed by atoms with Crippen molar-refractivity contribution in [3.05, 3.63) is 24.0 Å². The molecule has 19 heavy (non-hydrogen) atoms. The molecule has 0 radical (unpaired) electrons. The molecule has 0 aliphatic heterocycles. The lowest BCUT2D eigenvalue weighted by molar-refractivity contribution is 0.0913. The summed E-state index contributed by atoms with van der Waals surface area (Å²) in [5.74, 6) is 0.498. The van der Waals surface area contributed by atoms with Crippen molar-refractivity contribution in [1.82, 2.24) is 10.3 Å². The predicted molar refractivity (Wildman–Crippen MR) is 74.0 cm³/mol. The molecule has 2 rings (SSSR count). The van der Waals surface area contributed by atoms with E-state index in [4.69, 9.17) is 0 Å². The zero-order valence-electron chi connectivity index (χ0n) is 11.4. The van der Waals surface area contributed by atoms with E-state index in [1.807, 2.05) is 0 Å². The molecule has 0 atom stereocenters. The Labute approximate surface area is 114 Å². The van der Waals surface area contributed by atoms with Crippen molar-refractivity contribution in [1.29, 1.82) is 0 Å². The van der Waals surface area contributed by atoms with Crippen LogP contribution >= 0.6 is 0 Å². The number of rotatable bonds is 4. The number of carbonyl (C=O) groups excluding carboxylic acids is 1. The maximum absolute atomic E-state index is 12.0. The standard InChI is InChI=1S/C15H22N2O2/c1-2-4-11-6-8-12(9-7-11)17-15(19)14-13(18)5-3-10-16-14/h3,5,10-12,18H,2,4,6-9H2,1H3,(H,17,19). The van der Waals surface area contributed by atoms with Crippen molar-refractivity contribution < 1.29 is 9.90 Å². The molecule has 0 aromatic carbocycles. The average molecular weight is 262 g/mol. The maximum atomic E-state index is 12.0. The van der Waals surface area contributed by atoms with Gasteiger partial charge in [0.2, 0.25) is 0 Å². The second kappa shape index (κ2) is 6.55. The van der Waals surface area contributed by atoms with Crippen molar-refractivity contribution in [2.45, 2.75) is 51.5 Å². The Morgan fingerprint density at radius 2 is 2.16 bits per heavy atom. The monoisotopic (exact) mass is 262 g/mol. The second-order valence-electron chi connectivity index (χ2n) is 5.35. The SMILES string of the molecule is CCCC1CCC(NC(=O)c2ncccc2O)CC1. The van der Waals surface area contributed by atoms with Crippen molar-refractivity contribution in [3.8, 4) is 5.75 Å². The maximum Gasteiger partial charge on any atom is 0.273 e. The molecule has 1 aromatic heterocycles. The number of carbonyl (C=O) groups is 1. The first-order chi connectivity index (χ1) is 9.20. The van der Waals surface area contributed by atoms with E-state index in [2.05, 4.69) is 17.2 Å². The van der Waals surface area contributed by atoms with Crippen molar-refractivity contribution in [3.63, 3.8) is 0 Å². The highest BCUT2D eigenvalue weighted by atomic mass is 16.3. The van der Waals surface area contributed by atoms with Crippen LogP contribution in [0.5, 0.6) is 5.75 Å². The van der Waals surface area contributed by atoms with E-state index >= 15 is 0 Å². The quantitative estimate of drug-likeness (QED) is 0.877. The Hall–Kier alpha value is -1.58. The molecule has 0 saturated heterocycles. The summed E-state index contributed by atoms with van der Waals surface area (Å²) in [5.41, 5.74) is 0.123. The summed E-state index contributed by atoms with van der Waals surface area (Å²) in [6, 6.07) is 3.32. The van der Waals surface area contributed by atoms with Crippen LogP contribution in [0, 0.1) is 5.92 Å². The molecule has 1 heterocycles. The summed E-state index contributed by atoms with van der Waals surface area (Å²) in [5, 5.41) is 12.6. The van der Waals surface area contributed by atoms with Crippen LogP contribution in [0.15, 0.2) is 18.3 Å². The topological polar surface area (TPSA) is 62.2 Å². The van der Waals surface area contributed by atoms with Gasteiger partial charge in [-0.05, 0) is 43.7 Å². The minimum atomic E-state index is -0.267. The lowest BCUT2D eigenvalue weighted by atomic mass is 9.83. The van der Waals surface area contributed by atoms with Crippen LogP contribution in [0.2, 0.25) is 0 Å². The van der Waals surface area contributed by atoms with Gasteiger partial charge < -0.3 is 10.4 Å². The Morgan fingerprint density at radius 1 is 1.42 bits per heavy atom. The van der Waals surface area contributed by atoms with Crippen LogP contribution in [0.25, 0.3) is 0 Å². The van der Waals surface area contributed by atoms with Crippen LogP contribution in [0.3, 0.4) is 0 Å². The summed E-state index contributed by atoms with van der Waals surface area (Å²) in [6.07, 6.45) is 8.49. The van der Waals surface area contributed by atoms with Gasteiger partial charge in [0, 0.05) is 12.2 Å². The van der Waals surface area contributed by atoms with Crippen molar-refractivity contribution >= 4 is 5.91 Å². The lowest BCUT2D eigenvalue weighted by Gasteiger charge is -2.28. The van der Waals surface area contributed by atoms with E-state index in [-0.39, 0.29) is 23.4 Å². The number of nitrogens with zero attached hydrogens (tertiary/aromatic N) is 1. The molecule has 0 unspecified atom stereocenters. The largest absolute Gasteiger partial charge is 0.505 e. The van der Waals surface area contributed by atoms with Gasteiger partial charge >= 0.3 is 0 Å². The van der Waals surface area contributed by atoms with Crippen LogP contribution < -0.4 is 5.32 Å². The average Bonchev–Trinajstić information content (AvgIpc) is 2.42. The van der Waals surface area contributed by atoms with E-state index in [0.717, 1.165) is 18.8 Å². The zero-order valence-corrected chi connectivity index (χ0v) is 11.4. The number of hydrogen-bond donors (Lipinski definition) is 2. The normalized spacial score (nSPS) is 23.0. The highest BCUT2D eigenvalue weighted by Crippen LogP contribution is 2.28.